The first-order valence-corrected chi connectivity index (χ1v) is 6.08. The van der Waals surface area contributed by atoms with Gasteiger partial charge in [0.15, 0.2) is 0 Å². The van der Waals surface area contributed by atoms with Gasteiger partial charge in [0.1, 0.15) is 0 Å². The average molecular weight is 474 g/mol. The minimum Gasteiger partial charge on any atom is -0.566 e. The molecule has 0 amide bonds. The molecule has 2 atom stereocenters. The summed E-state index contributed by atoms with van der Waals surface area (Å²) in [6, 6.07) is 0. The van der Waals surface area contributed by atoms with E-state index >= 15 is 0 Å². The van der Waals surface area contributed by atoms with Crippen molar-refractivity contribution >= 4 is 16.5 Å². The Bertz CT molecular complexity index is 375. The van der Waals surface area contributed by atoms with Gasteiger partial charge in [-0.15, -0.1) is 0 Å². The molecule has 0 bridgehead atoms. The molecule has 0 spiro atoms. The van der Waals surface area contributed by atoms with Gasteiger partial charge in [-0.05, 0) is 9.13 Å². The van der Waals surface area contributed by atoms with Gasteiger partial charge in [0, 0.05) is 0 Å². The van der Waals surface area contributed by atoms with E-state index in [0.717, 1.165) is 0 Å². The van der Waals surface area contributed by atoms with Crippen molar-refractivity contribution in [3.8, 4) is 0 Å². The van der Waals surface area contributed by atoms with Crippen molar-refractivity contribution in [2.45, 2.75) is 24.6 Å². The summed E-state index contributed by atoms with van der Waals surface area (Å²) in [5.74, 6) is 0. The van der Waals surface area contributed by atoms with Crippen molar-refractivity contribution in [1.29, 1.82) is 0 Å². The van der Waals surface area contributed by atoms with Gasteiger partial charge in [0.25, 0.3) is 0 Å². The summed E-state index contributed by atoms with van der Waals surface area (Å²) in [4.78, 5) is 18.6. The molecule has 24 heavy (non-hydrogen) atoms. The molecule has 0 aliphatic carbocycles. The van der Waals surface area contributed by atoms with Crippen molar-refractivity contribution in [1.82, 2.24) is 0 Å². The van der Waals surface area contributed by atoms with E-state index in [4.69, 9.17) is 0 Å². The van der Waals surface area contributed by atoms with Gasteiger partial charge < -0.3 is 9.79 Å². The Hall–Kier alpha value is 2.61. The van der Waals surface area contributed by atoms with E-state index in [1.807, 2.05) is 0 Å². The van der Waals surface area contributed by atoms with Crippen LogP contribution in [-0.2, 0) is 18.2 Å². The fourth-order valence-corrected chi connectivity index (χ4v) is 0.872. The van der Waals surface area contributed by atoms with E-state index in [0.29, 0.717) is 0 Å². The molecular formula is C4F10K2O6P2+2. The predicted octanol–water partition coefficient (Wildman–Crippen LogP) is -3.64. The van der Waals surface area contributed by atoms with E-state index in [2.05, 4.69) is 9.05 Å². The van der Waals surface area contributed by atoms with Crippen molar-refractivity contribution < 1.29 is 175 Å². The van der Waals surface area contributed by atoms with Gasteiger partial charge in [-0.1, -0.05) is 9.05 Å². The van der Waals surface area contributed by atoms with E-state index in [1.54, 1.807) is 0 Å². The summed E-state index contributed by atoms with van der Waals surface area (Å²) in [7, 11) is -8.45. The van der Waals surface area contributed by atoms with Gasteiger partial charge in [-0.2, -0.15) is 43.9 Å². The van der Waals surface area contributed by atoms with Gasteiger partial charge >= 0.3 is 144 Å². The summed E-state index contributed by atoms with van der Waals surface area (Å²) < 4.78 is 135. The molecule has 0 aliphatic heterocycles. The van der Waals surface area contributed by atoms with E-state index in [1.165, 1.54) is 0 Å². The molecule has 6 nitrogen and oxygen atoms in total. The third-order valence-electron chi connectivity index (χ3n) is 1.04. The van der Waals surface area contributed by atoms with Crippen LogP contribution in [-0.4, -0.2) is 24.6 Å². The molecule has 0 aromatic heterocycles. The standard InChI is InChI=1S/2C2F5O3P.2K/c2*3-1(4,5)2(6,7)10-11(8)9;;/q;;2*+1. The van der Waals surface area contributed by atoms with Crippen LogP contribution < -0.4 is 113 Å². The molecule has 0 saturated carbocycles. The SMILES string of the molecule is O=[P+]([O-])OC(F)(F)C(F)(F)F.O=[P+]([O-])OC(F)(F)C(F)(F)F.[K+].[K+]. The molecule has 0 aliphatic rings. The Labute approximate surface area is 212 Å². The van der Waals surface area contributed by atoms with Crippen LogP contribution in [0.25, 0.3) is 0 Å². The number of halogens is 10. The monoisotopic (exact) mass is 474 g/mol. The molecule has 2 unspecified atom stereocenters. The van der Waals surface area contributed by atoms with Crippen molar-refractivity contribution in [2.24, 2.45) is 0 Å². The molecule has 0 rings (SSSR count). The summed E-state index contributed by atoms with van der Waals surface area (Å²) in [6.45, 7) is 0. The molecule has 0 heterocycles. The molecule has 0 N–H and O–H groups in total. The van der Waals surface area contributed by atoms with Crippen LogP contribution in [0.4, 0.5) is 43.9 Å². The molecule has 20 heteroatoms. The van der Waals surface area contributed by atoms with Gasteiger partial charge in [0.2, 0.25) is 0 Å². The van der Waals surface area contributed by atoms with Gasteiger partial charge in [0.05, 0.1) is 0 Å². The summed E-state index contributed by atoms with van der Waals surface area (Å²) in [5.41, 5.74) is 0. The van der Waals surface area contributed by atoms with Crippen LogP contribution in [0, 0.1) is 0 Å². The summed E-state index contributed by atoms with van der Waals surface area (Å²) in [5, 5.41) is 0. The third kappa shape index (κ3) is 14.6. The van der Waals surface area contributed by atoms with E-state index < -0.39 is 41.1 Å². The first-order valence-electron chi connectivity index (χ1n) is 3.89. The Morgan fingerprint density at radius 1 is 0.583 bits per heavy atom. The molecule has 132 valence electrons. The second-order valence-electron chi connectivity index (χ2n) is 2.66. The quantitative estimate of drug-likeness (QED) is 0.237. The van der Waals surface area contributed by atoms with Crippen molar-refractivity contribution in [3.05, 3.63) is 0 Å². The second-order valence-corrected chi connectivity index (χ2v) is 3.92. The fraction of sp³-hybridized carbons (Fsp3) is 1.00. The van der Waals surface area contributed by atoms with Gasteiger partial charge in [-0.25, -0.2) is 0 Å². The number of alkyl halides is 10. The Balaban J connectivity index is -0.000000154. The maximum atomic E-state index is 11.5. The molecule has 0 radical (unpaired) electrons. The number of hydrogen-bond donors (Lipinski definition) is 0. The summed E-state index contributed by atoms with van der Waals surface area (Å²) in [6.07, 6.45) is -23.3. The smallest absolute Gasteiger partial charge is 0.566 e. The van der Waals surface area contributed by atoms with Gasteiger partial charge in [-0.3, -0.25) is 0 Å². The van der Waals surface area contributed by atoms with Crippen molar-refractivity contribution in [3.63, 3.8) is 0 Å². The van der Waals surface area contributed by atoms with Crippen molar-refractivity contribution in [2.75, 3.05) is 0 Å². The third-order valence-corrected chi connectivity index (χ3v) is 1.80. The Kier molecular flexibility index (Phi) is 18.4. The Morgan fingerprint density at radius 3 is 0.792 bits per heavy atom. The molecule has 0 aromatic carbocycles. The predicted molar refractivity (Wildman–Crippen MR) is 39.4 cm³/mol. The van der Waals surface area contributed by atoms with Crippen LogP contribution in [0.15, 0.2) is 0 Å². The minimum atomic E-state index is -6.01. The maximum Gasteiger partial charge on any atom is 1.00 e. The summed E-state index contributed by atoms with van der Waals surface area (Å²) >= 11 is 0. The normalized spacial score (nSPS) is 13.7. The fourth-order valence-electron chi connectivity index (χ4n) is 0.291. The first kappa shape index (κ1) is 34.1. The zero-order valence-corrected chi connectivity index (χ0v) is 19.2. The average Bonchev–Trinajstić information content (AvgIpc) is 2.09. The largest absolute Gasteiger partial charge is 1.00 e. The number of hydrogen-bond acceptors (Lipinski definition) is 6. The van der Waals surface area contributed by atoms with Crippen LogP contribution in [0.1, 0.15) is 0 Å². The van der Waals surface area contributed by atoms with E-state index in [-0.39, 0.29) is 103 Å². The van der Waals surface area contributed by atoms with Crippen LogP contribution >= 0.6 is 16.5 Å². The number of rotatable bonds is 4. The second kappa shape index (κ2) is 13.0. The molecule has 0 fully saturated rings. The van der Waals surface area contributed by atoms with Crippen LogP contribution in [0.5, 0.6) is 0 Å². The molecular weight excluding hydrogens is 474 g/mol. The molecule has 0 saturated heterocycles. The zero-order chi connectivity index (χ0) is 18.6. The van der Waals surface area contributed by atoms with Crippen LogP contribution in [0.3, 0.4) is 0 Å². The van der Waals surface area contributed by atoms with E-state index in [9.17, 15) is 62.8 Å². The topological polar surface area (TPSA) is 98.7 Å². The molecule has 0 aromatic rings. The zero-order valence-electron chi connectivity index (χ0n) is 11.1. The first-order chi connectivity index (χ1) is 9.33. The van der Waals surface area contributed by atoms with Crippen LogP contribution in [0.2, 0.25) is 0 Å². The maximum absolute atomic E-state index is 11.5. The Morgan fingerprint density at radius 2 is 0.750 bits per heavy atom. The minimum absolute atomic E-state index is 0.